The largest absolute Gasteiger partial charge is 0.394 e. The third-order valence-corrected chi connectivity index (χ3v) is 6.00. The van der Waals surface area contributed by atoms with Crippen LogP contribution in [0.15, 0.2) is 48.0 Å². The zero-order valence-electron chi connectivity index (χ0n) is 16.5. The fourth-order valence-corrected chi connectivity index (χ4v) is 3.96. The molecule has 1 fully saturated rings. The molecule has 1 unspecified atom stereocenters. The van der Waals surface area contributed by atoms with Crippen LogP contribution in [0.4, 0.5) is 10.6 Å². The molecule has 1 aromatic carbocycles. The molecule has 0 radical (unpaired) electrons. The highest BCUT2D eigenvalue weighted by atomic mass is 32.1. The summed E-state index contributed by atoms with van der Waals surface area (Å²) in [7, 11) is 0. The van der Waals surface area contributed by atoms with E-state index >= 15 is 0 Å². The Hall–Kier alpha value is -3.72. The lowest BCUT2D eigenvalue weighted by Gasteiger charge is -2.17. The molecule has 3 N–H and O–H groups in total. The molecule has 7 nitrogen and oxygen atoms in total. The van der Waals surface area contributed by atoms with Gasteiger partial charge in [-0.3, -0.25) is 10.3 Å². The van der Waals surface area contributed by atoms with Gasteiger partial charge in [0.25, 0.3) is 0 Å². The van der Waals surface area contributed by atoms with Crippen LogP contribution in [0.2, 0.25) is 0 Å². The van der Waals surface area contributed by atoms with E-state index in [1.165, 1.54) is 11.3 Å². The first-order valence-corrected chi connectivity index (χ1v) is 10.5. The van der Waals surface area contributed by atoms with Crippen molar-refractivity contribution < 1.29 is 9.90 Å². The summed E-state index contributed by atoms with van der Waals surface area (Å²) in [4.78, 5) is 20.9. The first-order chi connectivity index (χ1) is 15.1. The fourth-order valence-electron chi connectivity index (χ4n) is 3.40. The lowest BCUT2D eigenvalue weighted by molar-refractivity contribution is 0.225. The molecule has 4 rings (SSSR count). The molecule has 0 spiro atoms. The summed E-state index contributed by atoms with van der Waals surface area (Å²) >= 11 is 1.25. The molecule has 3 aromatic rings. The number of carbonyl (C=O) groups is 1. The summed E-state index contributed by atoms with van der Waals surface area (Å²) in [6, 6.07) is 12.7. The minimum Gasteiger partial charge on any atom is -0.394 e. The Morgan fingerprint density at radius 1 is 1.32 bits per heavy atom. The van der Waals surface area contributed by atoms with Crippen molar-refractivity contribution in [2.45, 2.75) is 24.3 Å². The van der Waals surface area contributed by atoms with Gasteiger partial charge in [-0.25, -0.2) is 9.78 Å². The van der Waals surface area contributed by atoms with Crippen LogP contribution in [-0.2, 0) is 5.41 Å². The molecule has 2 aromatic heterocycles. The normalized spacial score (nSPS) is 14.7. The Balaban J connectivity index is 1.49. The Morgan fingerprint density at radius 3 is 2.74 bits per heavy atom. The minimum absolute atomic E-state index is 0.296. The first-order valence-electron chi connectivity index (χ1n) is 9.66. The number of amides is 2. The zero-order valence-corrected chi connectivity index (χ0v) is 17.3. The third kappa shape index (κ3) is 4.26. The molecule has 1 atom stereocenters. The zero-order chi connectivity index (χ0) is 21.8. The van der Waals surface area contributed by atoms with Crippen molar-refractivity contribution in [3.63, 3.8) is 0 Å². The fraction of sp³-hybridized carbons (Fsp3) is 0.217. The maximum Gasteiger partial charge on any atom is 0.320 e. The van der Waals surface area contributed by atoms with E-state index in [4.69, 9.17) is 6.42 Å². The smallest absolute Gasteiger partial charge is 0.320 e. The summed E-state index contributed by atoms with van der Waals surface area (Å²) in [6.45, 7) is -0.296. The number of nitrogens with one attached hydrogen (secondary N) is 2. The quantitative estimate of drug-likeness (QED) is 0.519. The molecular weight excluding hydrogens is 410 g/mol. The number of anilines is 1. The lowest BCUT2D eigenvalue weighted by atomic mass is 9.91. The van der Waals surface area contributed by atoms with Gasteiger partial charge in [-0.2, -0.15) is 5.26 Å². The summed E-state index contributed by atoms with van der Waals surface area (Å²) in [5, 5.41) is 26.8. The van der Waals surface area contributed by atoms with E-state index in [0.717, 1.165) is 29.7 Å². The standard InChI is InChI=1S/C23H19N5O2S/c1-2-21-27-20(13-31-21)28-22(30)26-19(12-29)15-7-8-18(25-11-15)16-5-3-4-6-17(16)23(14-24)9-10-23/h1,3-8,11,13,19,29H,9-10,12H2,(H2,26,28,30). The highest BCUT2D eigenvalue weighted by Crippen LogP contribution is 2.50. The van der Waals surface area contributed by atoms with Crippen molar-refractivity contribution in [1.82, 2.24) is 15.3 Å². The number of thiazole rings is 1. The number of aliphatic hydroxyl groups excluding tert-OH is 1. The highest BCUT2D eigenvalue weighted by molar-refractivity contribution is 7.10. The van der Waals surface area contributed by atoms with E-state index in [1.807, 2.05) is 36.4 Å². The van der Waals surface area contributed by atoms with Gasteiger partial charge in [0.1, 0.15) is 5.82 Å². The number of benzene rings is 1. The maximum absolute atomic E-state index is 12.3. The number of aromatic nitrogens is 2. The van der Waals surface area contributed by atoms with Crippen LogP contribution in [0.1, 0.15) is 35.0 Å². The number of nitriles is 1. The summed E-state index contributed by atoms with van der Waals surface area (Å²) in [6.07, 6.45) is 8.61. The van der Waals surface area contributed by atoms with Gasteiger partial charge in [0.2, 0.25) is 0 Å². The molecule has 1 saturated carbocycles. The van der Waals surface area contributed by atoms with E-state index in [1.54, 1.807) is 11.6 Å². The van der Waals surface area contributed by atoms with E-state index < -0.39 is 17.5 Å². The highest BCUT2D eigenvalue weighted by Gasteiger charge is 2.46. The van der Waals surface area contributed by atoms with Crippen molar-refractivity contribution in [1.29, 1.82) is 5.26 Å². The molecule has 31 heavy (non-hydrogen) atoms. The third-order valence-electron chi connectivity index (χ3n) is 5.23. The number of urea groups is 1. The van der Waals surface area contributed by atoms with Gasteiger partial charge in [0.15, 0.2) is 5.01 Å². The lowest BCUT2D eigenvalue weighted by Crippen LogP contribution is -2.34. The topological polar surface area (TPSA) is 111 Å². The second kappa shape index (κ2) is 8.57. The van der Waals surface area contributed by atoms with Crippen LogP contribution in [0.3, 0.4) is 0 Å². The van der Waals surface area contributed by atoms with Crippen LogP contribution >= 0.6 is 11.3 Å². The number of carbonyl (C=O) groups excluding carboxylic acids is 1. The van der Waals surface area contributed by atoms with Crippen molar-refractivity contribution in [2.24, 2.45) is 0 Å². The number of pyridine rings is 1. The van der Waals surface area contributed by atoms with Crippen LogP contribution in [-0.4, -0.2) is 27.7 Å². The number of terminal acetylenes is 1. The molecule has 0 aliphatic heterocycles. The minimum atomic E-state index is -0.642. The number of rotatable bonds is 6. The van der Waals surface area contributed by atoms with Crippen LogP contribution in [0.25, 0.3) is 11.3 Å². The second-order valence-electron chi connectivity index (χ2n) is 7.23. The SMILES string of the molecule is C#Cc1nc(NC(=O)NC(CO)c2ccc(-c3ccccc3C3(C#N)CC3)nc2)cs1. The Labute approximate surface area is 183 Å². The number of nitrogens with zero attached hydrogens (tertiary/aromatic N) is 3. The molecule has 1 aliphatic rings. The van der Waals surface area contributed by atoms with Gasteiger partial charge in [-0.1, -0.05) is 30.3 Å². The Bertz CT molecular complexity index is 1190. The number of hydrogen-bond acceptors (Lipinski definition) is 6. The molecule has 0 saturated heterocycles. The van der Waals surface area contributed by atoms with Crippen LogP contribution in [0.5, 0.6) is 0 Å². The second-order valence-corrected chi connectivity index (χ2v) is 8.09. The molecule has 2 amide bonds. The van der Waals surface area contributed by atoms with E-state index in [2.05, 4.69) is 32.6 Å². The molecule has 1 aliphatic carbocycles. The van der Waals surface area contributed by atoms with E-state index in [0.29, 0.717) is 16.4 Å². The molecule has 0 bridgehead atoms. The predicted molar refractivity (Wildman–Crippen MR) is 118 cm³/mol. The number of aliphatic hydroxyl groups is 1. The Kier molecular flexibility index (Phi) is 5.68. The van der Waals surface area contributed by atoms with Crippen molar-refractivity contribution in [2.75, 3.05) is 11.9 Å². The maximum atomic E-state index is 12.3. The van der Waals surface area contributed by atoms with Gasteiger partial charge in [-0.15, -0.1) is 17.8 Å². The van der Waals surface area contributed by atoms with Gasteiger partial charge in [0.05, 0.1) is 29.8 Å². The average Bonchev–Trinajstić information content (AvgIpc) is 3.49. The Morgan fingerprint density at radius 2 is 2.13 bits per heavy atom. The molecular formula is C23H19N5O2S. The van der Waals surface area contributed by atoms with Gasteiger partial charge in [0, 0.05) is 17.1 Å². The predicted octanol–water partition coefficient (Wildman–Crippen LogP) is 3.60. The van der Waals surface area contributed by atoms with Crippen LogP contribution < -0.4 is 10.6 Å². The van der Waals surface area contributed by atoms with Crippen LogP contribution in [0, 0.1) is 23.7 Å². The summed E-state index contributed by atoms with van der Waals surface area (Å²) < 4.78 is 0. The average molecular weight is 430 g/mol. The molecule has 154 valence electrons. The van der Waals surface area contributed by atoms with Gasteiger partial charge < -0.3 is 10.4 Å². The van der Waals surface area contributed by atoms with Crippen molar-refractivity contribution in [3.8, 4) is 29.7 Å². The van der Waals surface area contributed by atoms with Crippen molar-refractivity contribution in [3.05, 3.63) is 64.1 Å². The van der Waals surface area contributed by atoms with E-state index in [9.17, 15) is 15.2 Å². The van der Waals surface area contributed by atoms with Gasteiger partial charge >= 0.3 is 6.03 Å². The van der Waals surface area contributed by atoms with Gasteiger partial charge in [-0.05, 0) is 36.0 Å². The summed E-state index contributed by atoms with van der Waals surface area (Å²) in [5.41, 5.74) is 2.89. The molecule has 8 heteroatoms. The summed E-state index contributed by atoms with van der Waals surface area (Å²) in [5.74, 6) is 2.76. The first kappa shape index (κ1) is 20.5. The van der Waals surface area contributed by atoms with E-state index in [-0.39, 0.29) is 6.61 Å². The molecule has 2 heterocycles. The monoisotopic (exact) mass is 429 g/mol. The number of hydrogen-bond donors (Lipinski definition) is 3. The van der Waals surface area contributed by atoms with Crippen molar-refractivity contribution >= 4 is 23.2 Å².